The van der Waals surface area contributed by atoms with Crippen LogP contribution in [0, 0.1) is 11.8 Å². The molecule has 3 atom stereocenters. The molecular weight excluding hydrogens is 274 g/mol. The van der Waals surface area contributed by atoms with Crippen molar-refractivity contribution in [1.29, 1.82) is 0 Å². The van der Waals surface area contributed by atoms with Gasteiger partial charge in [-0.1, -0.05) is 13.8 Å². The zero-order chi connectivity index (χ0) is 16.3. The van der Waals surface area contributed by atoms with Gasteiger partial charge in [-0.2, -0.15) is 0 Å². The molecule has 0 bridgehead atoms. The first kappa shape index (κ1) is 17.6. The summed E-state index contributed by atoms with van der Waals surface area (Å²) < 4.78 is 0. The lowest BCUT2D eigenvalue weighted by atomic mass is 9.88. The van der Waals surface area contributed by atoms with Crippen LogP contribution < -0.4 is 5.32 Å². The van der Waals surface area contributed by atoms with Crippen LogP contribution in [0.4, 0.5) is 4.79 Å². The van der Waals surface area contributed by atoms with Gasteiger partial charge in [0.15, 0.2) is 0 Å². The number of hydrogen-bond acceptors (Lipinski definition) is 2. The number of piperidine rings is 2. The summed E-state index contributed by atoms with van der Waals surface area (Å²) in [6.45, 7) is 15.3. The Morgan fingerprint density at radius 1 is 1.14 bits per heavy atom. The maximum Gasteiger partial charge on any atom is 0.317 e. The molecule has 2 aliphatic rings. The SMILES string of the molecule is CC1CC(C)CN(C(C)(C)CNC(=O)N2CCCCC2C)C1. The normalized spacial score (nSPS) is 31.1. The van der Waals surface area contributed by atoms with E-state index in [0.717, 1.165) is 50.9 Å². The van der Waals surface area contributed by atoms with Crippen molar-refractivity contribution in [2.45, 2.75) is 71.9 Å². The van der Waals surface area contributed by atoms with E-state index in [1.54, 1.807) is 0 Å². The molecule has 4 heteroatoms. The lowest BCUT2D eigenvalue weighted by molar-refractivity contribution is 0.0457. The van der Waals surface area contributed by atoms with Gasteiger partial charge in [0, 0.05) is 37.8 Å². The van der Waals surface area contributed by atoms with E-state index in [1.165, 1.54) is 12.8 Å². The summed E-state index contributed by atoms with van der Waals surface area (Å²) in [6, 6.07) is 0.505. The van der Waals surface area contributed by atoms with Gasteiger partial charge in [0.1, 0.15) is 0 Å². The van der Waals surface area contributed by atoms with Gasteiger partial charge in [-0.3, -0.25) is 4.90 Å². The number of carbonyl (C=O) groups is 1. The van der Waals surface area contributed by atoms with Gasteiger partial charge < -0.3 is 10.2 Å². The highest BCUT2D eigenvalue weighted by Gasteiger charge is 2.33. The van der Waals surface area contributed by atoms with Crippen LogP contribution in [-0.4, -0.2) is 53.6 Å². The molecule has 22 heavy (non-hydrogen) atoms. The van der Waals surface area contributed by atoms with Crippen molar-refractivity contribution in [2.24, 2.45) is 11.8 Å². The van der Waals surface area contributed by atoms with E-state index in [4.69, 9.17) is 0 Å². The van der Waals surface area contributed by atoms with Gasteiger partial charge in [-0.25, -0.2) is 4.79 Å². The molecule has 0 saturated carbocycles. The van der Waals surface area contributed by atoms with Gasteiger partial charge in [0.2, 0.25) is 0 Å². The van der Waals surface area contributed by atoms with E-state index in [-0.39, 0.29) is 11.6 Å². The van der Waals surface area contributed by atoms with E-state index in [1.807, 2.05) is 4.90 Å². The molecule has 0 aliphatic carbocycles. The lowest BCUT2D eigenvalue weighted by Crippen LogP contribution is -2.58. The predicted molar refractivity (Wildman–Crippen MR) is 92.0 cm³/mol. The molecule has 0 radical (unpaired) electrons. The number of rotatable bonds is 3. The van der Waals surface area contributed by atoms with Crippen LogP contribution in [0.3, 0.4) is 0 Å². The number of nitrogens with one attached hydrogen (secondary N) is 1. The molecule has 2 saturated heterocycles. The van der Waals surface area contributed by atoms with Gasteiger partial charge in [-0.05, 0) is 58.3 Å². The highest BCUT2D eigenvalue weighted by molar-refractivity contribution is 5.74. The molecule has 0 aromatic heterocycles. The quantitative estimate of drug-likeness (QED) is 0.868. The van der Waals surface area contributed by atoms with E-state index in [2.05, 4.69) is 44.8 Å². The Morgan fingerprint density at radius 3 is 2.36 bits per heavy atom. The van der Waals surface area contributed by atoms with Crippen molar-refractivity contribution >= 4 is 6.03 Å². The second-order valence-corrected chi connectivity index (χ2v) is 8.36. The Morgan fingerprint density at radius 2 is 1.77 bits per heavy atom. The largest absolute Gasteiger partial charge is 0.336 e. The Kier molecular flexibility index (Phi) is 5.76. The van der Waals surface area contributed by atoms with Gasteiger partial charge in [-0.15, -0.1) is 0 Å². The van der Waals surface area contributed by atoms with Crippen molar-refractivity contribution in [3.8, 4) is 0 Å². The fraction of sp³-hybridized carbons (Fsp3) is 0.944. The minimum absolute atomic E-state index is 0.0254. The number of likely N-dealkylation sites (tertiary alicyclic amines) is 2. The third kappa shape index (κ3) is 4.37. The number of urea groups is 1. The third-order valence-electron chi connectivity index (χ3n) is 5.46. The second-order valence-electron chi connectivity index (χ2n) is 8.36. The van der Waals surface area contributed by atoms with Crippen LogP contribution in [-0.2, 0) is 0 Å². The van der Waals surface area contributed by atoms with Crippen molar-refractivity contribution < 1.29 is 4.79 Å². The molecule has 2 amide bonds. The number of hydrogen-bond donors (Lipinski definition) is 1. The van der Waals surface area contributed by atoms with Crippen LogP contribution in [0.5, 0.6) is 0 Å². The predicted octanol–water partition coefficient (Wildman–Crippen LogP) is 3.33. The summed E-state index contributed by atoms with van der Waals surface area (Å²) in [6.07, 6.45) is 4.85. The fourth-order valence-electron chi connectivity index (χ4n) is 4.06. The summed E-state index contributed by atoms with van der Waals surface area (Å²) in [5.74, 6) is 1.50. The van der Waals surface area contributed by atoms with E-state index in [0.29, 0.717) is 6.04 Å². The summed E-state index contributed by atoms with van der Waals surface area (Å²) >= 11 is 0. The summed E-state index contributed by atoms with van der Waals surface area (Å²) in [5, 5.41) is 3.20. The minimum Gasteiger partial charge on any atom is -0.336 e. The first-order valence-electron chi connectivity index (χ1n) is 9.09. The smallest absolute Gasteiger partial charge is 0.317 e. The molecule has 2 heterocycles. The Labute approximate surface area is 136 Å². The molecule has 2 fully saturated rings. The Hall–Kier alpha value is -0.770. The Bertz CT molecular complexity index is 373. The van der Waals surface area contributed by atoms with Crippen molar-refractivity contribution in [2.75, 3.05) is 26.2 Å². The molecule has 4 nitrogen and oxygen atoms in total. The average Bonchev–Trinajstić information content (AvgIpc) is 2.44. The molecule has 2 rings (SSSR count). The first-order valence-corrected chi connectivity index (χ1v) is 9.09. The summed E-state index contributed by atoms with van der Waals surface area (Å²) in [7, 11) is 0. The van der Waals surface area contributed by atoms with Gasteiger partial charge >= 0.3 is 6.03 Å². The van der Waals surface area contributed by atoms with Crippen LogP contribution in [0.25, 0.3) is 0 Å². The summed E-state index contributed by atoms with van der Waals surface area (Å²) in [5.41, 5.74) is 0.0254. The highest BCUT2D eigenvalue weighted by atomic mass is 16.2. The van der Waals surface area contributed by atoms with Crippen LogP contribution >= 0.6 is 0 Å². The lowest BCUT2D eigenvalue weighted by Gasteiger charge is -2.45. The molecule has 0 spiro atoms. The fourth-order valence-corrected chi connectivity index (χ4v) is 4.06. The van der Waals surface area contributed by atoms with Crippen LogP contribution in [0.15, 0.2) is 0 Å². The van der Waals surface area contributed by atoms with Crippen molar-refractivity contribution in [3.63, 3.8) is 0 Å². The average molecular weight is 309 g/mol. The number of nitrogens with zero attached hydrogens (tertiary/aromatic N) is 2. The van der Waals surface area contributed by atoms with Gasteiger partial charge in [0.05, 0.1) is 0 Å². The number of amides is 2. The topological polar surface area (TPSA) is 35.6 Å². The minimum atomic E-state index is 0.0254. The van der Waals surface area contributed by atoms with Crippen LogP contribution in [0.2, 0.25) is 0 Å². The zero-order valence-electron chi connectivity index (χ0n) is 15.2. The zero-order valence-corrected chi connectivity index (χ0v) is 15.2. The number of carbonyl (C=O) groups excluding carboxylic acids is 1. The maximum atomic E-state index is 12.5. The standard InChI is InChI=1S/C18H35N3O/c1-14-10-15(2)12-20(11-14)18(4,5)13-19-17(22)21-9-7-6-8-16(21)3/h14-16H,6-13H2,1-5H3,(H,19,22). The molecular formula is C18H35N3O. The summed E-state index contributed by atoms with van der Waals surface area (Å²) in [4.78, 5) is 17.0. The van der Waals surface area contributed by atoms with Gasteiger partial charge in [0.25, 0.3) is 0 Å². The highest BCUT2D eigenvalue weighted by Crippen LogP contribution is 2.27. The Balaban J connectivity index is 1.87. The molecule has 128 valence electrons. The molecule has 1 N–H and O–H groups in total. The van der Waals surface area contributed by atoms with Crippen molar-refractivity contribution in [3.05, 3.63) is 0 Å². The van der Waals surface area contributed by atoms with Crippen molar-refractivity contribution in [1.82, 2.24) is 15.1 Å². The van der Waals surface area contributed by atoms with E-state index >= 15 is 0 Å². The second kappa shape index (κ2) is 7.20. The molecule has 0 aromatic rings. The first-order chi connectivity index (χ1) is 10.3. The molecule has 2 aliphatic heterocycles. The van der Waals surface area contributed by atoms with E-state index in [9.17, 15) is 4.79 Å². The third-order valence-corrected chi connectivity index (χ3v) is 5.46. The molecule has 3 unspecified atom stereocenters. The van der Waals surface area contributed by atoms with E-state index < -0.39 is 0 Å². The van der Waals surface area contributed by atoms with Crippen LogP contribution in [0.1, 0.15) is 60.3 Å². The maximum absolute atomic E-state index is 12.5. The monoisotopic (exact) mass is 309 g/mol. The molecule has 0 aromatic carbocycles.